The van der Waals surface area contributed by atoms with E-state index in [-0.39, 0.29) is 32.2 Å². The Labute approximate surface area is 267 Å². The summed E-state index contributed by atoms with van der Waals surface area (Å²) in [4.78, 5) is 2.60. The molecule has 1 fully saturated rings. The summed E-state index contributed by atoms with van der Waals surface area (Å²) in [5, 5.41) is 0. The molecular formula is C36H51Cl2NORu. The first kappa shape index (κ1) is 35.8. The van der Waals surface area contributed by atoms with Gasteiger partial charge in [-0.3, -0.25) is 0 Å². The van der Waals surface area contributed by atoms with Gasteiger partial charge in [-0.25, -0.2) is 6.54 Å². The molecule has 2 unspecified atom stereocenters. The fraction of sp³-hybridized carbons (Fsp3) is 0.500. The molecule has 0 aromatic heterocycles. The fourth-order valence-corrected chi connectivity index (χ4v) is 6.13. The topological polar surface area (TPSA) is 12.5 Å². The molecule has 1 saturated heterocycles. The monoisotopic (exact) mass is 685 g/mol. The number of anilines is 1. The Morgan fingerprint density at radius 1 is 1.07 bits per heavy atom. The number of allylic oxidation sites excluding steroid dienone is 4. The van der Waals surface area contributed by atoms with Gasteiger partial charge < -0.3 is 9.64 Å². The summed E-state index contributed by atoms with van der Waals surface area (Å²) in [6.07, 6.45) is 12.2. The van der Waals surface area contributed by atoms with E-state index in [1.807, 2.05) is 38.1 Å². The van der Waals surface area contributed by atoms with E-state index in [1.165, 1.54) is 41.6 Å². The molecule has 0 amide bonds. The Balaban J connectivity index is 0.000000349. The van der Waals surface area contributed by atoms with E-state index >= 15 is 0 Å². The van der Waals surface area contributed by atoms with Gasteiger partial charge in [-0.05, 0) is 76.8 Å². The molecule has 0 saturated carbocycles. The first-order valence-electron chi connectivity index (χ1n) is 14.8. The Morgan fingerprint density at radius 3 is 2.27 bits per heavy atom. The molecule has 2 aromatic rings. The zero-order chi connectivity index (χ0) is 30.8. The summed E-state index contributed by atoms with van der Waals surface area (Å²) < 4.78 is 5.48. The predicted molar refractivity (Wildman–Crippen MR) is 177 cm³/mol. The van der Waals surface area contributed by atoms with Crippen molar-refractivity contribution < 1.29 is 19.9 Å². The molecule has 0 spiro atoms. The van der Waals surface area contributed by atoms with Crippen LogP contribution >= 0.6 is 19.4 Å². The predicted octanol–water partition coefficient (Wildman–Crippen LogP) is 11.3. The maximum absolute atomic E-state index is 5.48. The van der Waals surface area contributed by atoms with E-state index in [2.05, 4.69) is 103 Å². The van der Waals surface area contributed by atoms with Gasteiger partial charge in [0.15, 0.2) is 0 Å². The molecule has 2 nitrogen and oxygen atoms in total. The third kappa shape index (κ3) is 10.4. The van der Waals surface area contributed by atoms with Crippen molar-refractivity contribution in [2.75, 3.05) is 4.90 Å². The van der Waals surface area contributed by atoms with Crippen molar-refractivity contribution in [2.45, 2.75) is 99.6 Å². The van der Waals surface area contributed by atoms with Crippen LogP contribution in [0.5, 0.6) is 5.75 Å². The summed E-state index contributed by atoms with van der Waals surface area (Å²) >= 11 is -0.346. The van der Waals surface area contributed by atoms with Crippen molar-refractivity contribution in [3.05, 3.63) is 96.4 Å². The minimum atomic E-state index is -0.346. The molecule has 228 valence electrons. The summed E-state index contributed by atoms with van der Waals surface area (Å²) in [6.45, 7) is 26.8. The van der Waals surface area contributed by atoms with Crippen molar-refractivity contribution >= 4 is 25.1 Å². The number of ether oxygens (including phenoxy) is 1. The molecule has 2 aromatic carbocycles. The summed E-state index contributed by atoms with van der Waals surface area (Å²) in [7, 11) is 9.71. The number of aryl methyl sites for hydroxylation is 2. The van der Waals surface area contributed by atoms with Crippen LogP contribution in [0.2, 0.25) is 0 Å². The number of hydrogen-bond donors (Lipinski definition) is 0. The Morgan fingerprint density at radius 2 is 1.73 bits per heavy atom. The number of benzene rings is 2. The average Bonchev–Trinajstić information content (AvgIpc) is 3.15. The third-order valence-corrected chi connectivity index (χ3v) is 7.84. The number of para-hydroxylation sites is 2. The number of hydrogen-bond acceptors (Lipinski definition) is 2. The Hall–Kier alpha value is -1.41. The number of rotatable bonds is 7. The molecule has 41 heavy (non-hydrogen) atoms. The van der Waals surface area contributed by atoms with E-state index in [9.17, 15) is 0 Å². The molecule has 2 atom stereocenters. The van der Waals surface area contributed by atoms with Crippen LogP contribution in [0.15, 0.2) is 66.3 Å². The minimum absolute atomic E-state index is 0.139. The molecule has 2 aliphatic rings. The molecule has 0 radical (unpaired) electrons. The molecule has 0 bridgehead atoms. The zero-order valence-electron chi connectivity index (χ0n) is 26.6. The van der Waals surface area contributed by atoms with E-state index in [1.54, 1.807) is 0 Å². The summed E-state index contributed by atoms with van der Waals surface area (Å²) in [5.41, 5.74) is 7.09. The normalized spacial score (nSPS) is 21.1. The van der Waals surface area contributed by atoms with Crippen LogP contribution in [0.25, 0.3) is 0 Å². The van der Waals surface area contributed by atoms with Gasteiger partial charge in [0, 0.05) is 17.0 Å². The Kier molecular flexibility index (Phi) is 14.4. The van der Waals surface area contributed by atoms with Gasteiger partial charge in [0.25, 0.3) is 0 Å². The van der Waals surface area contributed by atoms with Crippen molar-refractivity contribution in [3.63, 3.8) is 0 Å². The molecule has 4 rings (SSSR count). The standard InChI is InChI=1S/C26H38N.C10H13O.2ClH.Ru/c1-8-22-11-9-10-20(4)24(22)27-18-26(7,17-25(27,5)6)23-14-12-21(13-15-23)16-19(2)3;1-8(2)11-10-7-5-4-6-9(10)3;;;/h9-14,18-19,23H,8,15-17H2,1-7H3;4-8H,3H2,1-2H3;2*1H;/q2*-1;;;+4/p-2. The molecule has 0 N–H and O–H groups in total. The van der Waals surface area contributed by atoms with Gasteiger partial charge in [0.05, 0.1) is 6.10 Å². The first-order chi connectivity index (χ1) is 19.3. The van der Waals surface area contributed by atoms with Crippen LogP contribution in [0.4, 0.5) is 5.69 Å². The van der Waals surface area contributed by atoms with Crippen molar-refractivity contribution in [1.29, 1.82) is 0 Å². The molecule has 1 aliphatic heterocycles. The van der Waals surface area contributed by atoms with Gasteiger partial charge in [-0.1, -0.05) is 88.2 Å². The van der Waals surface area contributed by atoms with Gasteiger partial charge in [-0.2, -0.15) is 18.6 Å². The van der Waals surface area contributed by atoms with Crippen molar-refractivity contribution in [1.82, 2.24) is 0 Å². The van der Waals surface area contributed by atoms with E-state index < -0.39 is 0 Å². The van der Waals surface area contributed by atoms with Crippen LogP contribution in [0, 0.1) is 37.6 Å². The molecule has 1 aliphatic carbocycles. The van der Waals surface area contributed by atoms with Crippen LogP contribution < -0.4 is 9.64 Å². The summed E-state index contributed by atoms with van der Waals surface area (Å²) in [6, 6.07) is 14.5. The number of halogens is 2. The number of nitrogens with zero attached hydrogens (tertiary/aromatic N) is 1. The van der Waals surface area contributed by atoms with Crippen LogP contribution in [-0.2, 0) is 21.6 Å². The van der Waals surface area contributed by atoms with Crippen LogP contribution in [-0.4, -0.2) is 11.6 Å². The second-order valence-corrected chi connectivity index (χ2v) is 15.5. The quantitative estimate of drug-likeness (QED) is 0.212. The molecule has 5 heteroatoms. The van der Waals surface area contributed by atoms with E-state index in [0.717, 1.165) is 23.7 Å². The van der Waals surface area contributed by atoms with Gasteiger partial charge in [-0.15, -0.1) is 11.5 Å². The SMILES string of the molecule is CCc1cccc(C)c1N1[CH-]C(C)(C2C=CC(CC(C)C)=CC2)CC1(C)C.[CH2-]c1ccccc1OC(C)C.[Cl][Ru+2][Cl]. The van der Waals surface area contributed by atoms with Crippen LogP contribution in [0.3, 0.4) is 0 Å². The van der Waals surface area contributed by atoms with Crippen molar-refractivity contribution in [2.24, 2.45) is 17.3 Å². The van der Waals surface area contributed by atoms with Crippen molar-refractivity contribution in [3.8, 4) is 5.75 Å². The molecular weight excluding hydrogens is 634 g/mol. The maximum atomic E-state index is 5.48. The summed E-state index contributed by atoms with van der Waals surface area (Å²) in [5.74, 6) is 2.20. The third-order valence-electron chi connectivity index (χ3n) is 7.84. The average molecular weight is 686 g/mol. The second-order valence-electron chi connectivity index (χ2n) is 12.8. The van der Waals surface area contributed by atoms with E-state index in [4.69, 9.17) is 24.1 Å². The second kappa shape index (κ2) is 16.4. The van der Waals surface area contributed by atoms with Crippen LogP contribution in [0.1, 0.15) is 91.3 Å². The first-order valence-corrected chi connectivity index (χ1v) is 19.3. The fourth-order valence-electron chi connectivity index (χ4n) is 6.13. The van der Waals surface area contributed by atoms with Gasteiger partial charge in [0.2, 0.25) is 0 Å². The Bertz CT molecular complexity index is 1160. The zero-order valence-corrected chi connectivity index (χ0v) is 29.8. The van der Waals surface area contributed by atoms with E-state index in [0.29, 0.717) is 5.92 Å². The molecule has 1 heterocycles. The van der Waals surface area contributed by atoms with Gasteiger partial charge >= 0.3 is 34.5 Å². The van der Waals surface area contributed by atoms with Gasteiger partial charge in [0.1, 0.15) is 0 Å².